The molecule has 1 aromatic heterocycles. The molecule has 2 saturated heterocycles. The van der Waals surface area contributed by atoms with Gasteiger partial charge in [-0.1, -0.05) is 35.4 Å². The first-order valence-corrected chi connectivity index (χ1v) is 19.4. The van der Waals surface area contributed by atoms with Crippen LogP contribution in [0.4, 0.5) is 15.8 Å². The Balaban J connectivity index is 1.13. The lowest BCUT2D eigenvalue weighted by Gasteiger charge is -2.49. The van der Waals surface area contributed by atoms with Gasteiger partial charge in [-0.2, -0.15) is 0 Å². The number of phenolic OH excluding ortho intramolecular Hbond substituents is 1. The van der Waals surface area contributed by atoms with E-state index in [0.29, 0.717) is 38.3 Å². The highest BCUT2D eigenvalue weighted by Gasteiger charge is 2.68. The Morgan fingerprint density at radius 1 is 0.927 bits per heavy atom. The Hall–Kier alpha value is -4.85. The number of allylic oxidation sites excluding steroid dienone is 2. The second-order valence-electron chi connectivity index (χ2n) is 14.4. The van der Waals surface area contributed by atoms with Crippen molar-refractivity contribution in [3.8, 4) is 23.0 Å². The molecule has 4 amide bonds. The number of aromatic hydroxyl groups is 1. The Morgan fingerprint density at radius 2 is 1.65 bits per heavy atom. The first-order chi connectivity index (χ1) is 26.3. The van der Waals surface area contributed by atoms with Crippen molar-refractivity contribution in [3.05, 3.63) is 110 Å². The van der Waals surface area contributed by atoms with E-state index >= 15 is 0 Å². The van der Waals surface area contributed by atoms with Crippen LogP contribution < -0.4 is 14.5 Å². The minimum absolute atomic E-state index is 0.105. The number of imide groups is 2. The molecule has 0 radical (unpaired) electrons. The molecule has 4 aromatic carbocycles. The molecule has 278 valence electrons. The summed E-state index contributed by atoms with van der Waals surface area (Å²) >= 11 is 13.2. The summed E-state index contributed by atoms with van der Waals surface area (Å²) in [4.78, 5) is 65.0. The van der Waals surface area contributed by atoms with Gasteiger partial charge in [0, 0.05) is 16.0 Å². The smallest absolute Gasteiger partial charge is 0.241 e. The van der Waals surface area contributed by atoms with Crippen molar-refractivity contribution < 1.29 is 37.8 Å². The molecule has 0 unspecified atom stereocenters. The lowest BCUT2D eigenvalue weighted by molar-refractivity contribution is -0.131. The van der Waals surface area contributed by atoms with Gasteiger partial charge in [-0.3, -0.25) is 24.1 Å². The number of rotatable bonds is 5. The molecular weight excluding hydrogens is 861 g/mol. The number of ether oxygens (including phenoxy) is 1. The first-order valence-electron chi connectivity index (χ1n) is 17.5. The molecule has 10 nitrogen and oxygen atoms in total. The summed E-state index contributed by atoms with van der Waals surface area (Å²) < 4.78 is 26.4. The van der Waals surface area contributed by atoms with Crippen LogP contribution in [0, 0.1) is 34.9 Å². The highest BCUT2D eigenvalue weighted by molar-refractivity contribution is 9.13. The van der Waals surface area contributed by atoms with Crippen molar-refractivity contribution in [3.63, 3.8) is 0 Å². The van der Waals surface area contributed by atoms with Gasteiger partial charge in [-0.05, 0) is 124 Å². The Kier molecular flexibility index (Phi) is 8.37. The number of benzene rings is 4. The maximum atomic E-state index is 14.8. The van der Waals surface area contributed by atoms with Gasteiger partial charge in [-0.15, -0.1) is 0 Å². The van der Waals surface area contributed by atoms with Crippen molar-refractivity contribution in [2.24, 2.45) is 29.1 Å². The maximum absolute atomic E-state index is 14.8. The molecule has 14 heteroatoms. The van der Waals surface area contributed by atoms with E-state index in [1.807, 2.05) is 30.3 Å². The van der Waals surface area contributed by atoms with Crippen molar-refractivity contribution in [2.75, 3.05) is 16.9 Å². The van der Waals surface area contributed by atoms with Gasteiger partial charge >= 0.3 is 0 Å². The van der Waals surface area contributed by atoms with Gasteiger partial charge in [0.05, 0.1) is 51.1 Å². The van der Waals surface area contributed by atoms with Gasteiger partial charge in [0.25, 0.3) is 0 Å². The average Bonchev–Trinajstić information content (AvgIpc) is 3.79. The third-order valence-corrected chi connectivity index (χ3v) is 14.3. The SMILES string of the molecule is COc1cc([C@H]2C3=CC[C@@H]4C(=O)N(c5ccc(-c6nc7ccccc7o6)cc5)C(=O)[C@@H]4[C@@H]3C[C@H]3C(=O)N(c4ccc(F)c(Cl)c4)C(=O)[C@@]23C)c(Br)c(Br)c1O. The maximum Gasteiger partial charge on any atom is 0.241 e. The molecule has 2 aliphatic carbocycles. The lowest BCUT2D eigenvalue weighted by atomic mass is 9.51. The van der Waals surface area contributed by atoms with Crippen LogP contribution in [0.1, 0.15) is 31.2 Å². The highest BCUT2D eigenvalue weighted by Crippen LogP contribution is 2.65. The number of methoxy groups -OCH3 is 1. The fourth-order valence-corrected chi connectivity index (χ4v) is 10.3. The predicted molar refractivity (Wildman–Crippen MR) is 208 cm³/mol. The molecule has 3 fully saturated rings. The molecule has 0 bridgehead atoms. The second-order valence-corrected chi connectivity index (χ2v) is 16.4. The molecule has 3 heterocycles. The number of para-hydroxylation sites is 2. The summed E-state index contributed by atoms with van der Waals surface area (Å²) in [6, 6.07) is 19.6. The standard InChI is InChI=1S/C41H29Br2ClFN3O7/c1-41-25(38(51)48(40(41)53)20-11-14-27(45)26(44)15-20)16-23-21(32(41)24-17-30(54-2)35(49)34(43)33(24)42)12-13-22-31(23)39(52)47(37(22)50)19-9-7-18(8-10-19)36-46-28-5-3-4-6-29(28)55-36/h3-12,14-15,17,22-23,25,31-32,49H,13,16H2,1-2H3/t22-,23+,25-,31-,32+,41+/m0/s1. The zero-order chi connectivity index (χ0) is 38.7. The topological polar surface area (TPSA) is 130 Å². The van der Waals surface area contributed by atoms with Gasteiger partial charge < -0.3 is 14.3 Å². The van der Waals surface area contributed by atoms with Crippen molar-refractivity contribution in [1.29, 1.82) is 0 Å². The van der Waals surface area contributed by atoms with Crippen molar-refractivity contribution in [2.45, 2.75) is 25.7 Å². The zero-order valence-corrected chi connectivity index (χ0v) is 33.0. The highest BCUT2D eigenvalue weighted by atomic mass is 79.9. The summed E-state index contributed by atoms with van der Waals surface area (Å²) in [5.74, 6) is -6.04. The number of halogens is 4. The number of amides is 4. The van der Waals surface area contributed by atoms with Crippen LogP contribution in [0.15, 0.2) is 97.8 Å². The molecule has 1 N–H and O–H groups in total. The second kappa shape index (κ2) is 12.9. The molecule has 2 aliphatic heterocycles. The average molecular weight is 890 g/mol. The van der Waals surface area contributed by atoms with Crippen LogP contribution in [0.5, 0.6) is 11.5 Å². The number of hydrogen-bond acceptors (Lipinski definition) is 8. The lowest BCUT2D eigenvalue weighted by Crippen LogP contribution is -2.49. The number of anilines is 2. The number of carbonyl (C=O) groups excluding carboxylic acids is 4. The number of hydrogen-bond donors (Lipinski definition) is 1. The first kappa shape index (κ1) is 35.8. The van der Waals surface area contributed by atoms with Gasteiger partial charge in [0.2, 0.25) is 29.5 Å². The fourth-order valence-electron chi connectivity index (χ4n) is 9.21. The summed E-state index contributed by atoms with van der Waals surface area (Å²) in [7, 11) is 1.40. The number of aromatic nitrogens is 1. The quantitative estimate of drug-likeness (QED) is 0.137. The van der Waals surface area contributed by atoms with Gasteiger partial charge in [0.1, 0.15) is 11.3 Å². The molecule has 0 spiro atoms. The van der Waals surface area contributed by atoms with Crippen molar-refractivity contribution >= 4 is 89.6 Å². The van der Waals surface area contributed by atoms with E-state index in [4.69, 9.17) is 20.8 Å². The number of fused-ring (bicyclic) bond motifs is 5. The van der Waals surface area contributed by atoms with Gasteiger partial charge in [-0.25, -0.2) is 14.3 Å². The van der Waals surface area contributed by atoms with E-state index in [1.54, 1.807) is 37.3 Å². The summed E-state index contributed by atoms with van der Waals surface area (Å²) in [5, 5.41) is 10.6. The Labute approximate surface area is 335 Å². The monoisotopic (exact) mass is 887 g/mol. The van der Waals surface area contributed by atoms with Crippen LogP contribution in [0.3, 0.4) is 0 Å². The van der Waals surface area contributed by atoms with E-state index < -0.39 is 58.5 Å². The normalized spacial score (nSPS) is 26.0. The van der Waals surface area contributed by atoms with Crippen LogP contribution in [-0.4, -0.2) is 40.8 Å². The van der Waals surface area contributed by atoms with Crippen LogP contribution in [0.2, 0.25) is 5.02 Å². The van der Waals surface area contributed by atoms with E-state index in [0.717, 1.165) is 16.5 Å². The van der Waals surface area contributed by atoms with Crippen LogP contribution in [-0.2, 0) is 19.2 Å². The molecule has 55 heavy (non-hydrogen) atoms. The zero-order valence-electron chi connectivity index (χ0n) is 29.1. The Morgan fingerprint density at radius 3 is 2.36 bits per heavy atom. The van der Waals surface area contributed by atoms with Crippen molar-refractivity contribution in [1.82, 2.24) is 4.98 Å². The van der Waals surface area contributed by atoms with Gasteiger partial charge in [0.15, 0.2) is 17.1 Å². The Bertz CT molecular complexity index is 2530. The molecule has 4 aliphatic rings. The van der Waals surface area contributed by atoms with E-state index in [9.17, 15) is 28.7 Å². The summed E-state index contributed by atoms with van der Waals surface area (Å²) in [6.07, 6.45) is 2.26. The largest absolute Gasteiger partial charge is 0.503 e. The molecule has 9 rings (SSSR count). The predicted octanol–water partition coefficient (Wildman–Crippen LogP) is 8.96. The fraction of sp³-hybridized carbons (Fsp3) is 0.244. The number of oxazole rings is 1. The van der Waals surface area contributed by atoms with Crippen LogP contribution >= 0.6 is 43.5 Å². The molecule has 6 atom stereocenters. The van der Waals surface area contributed by atoms with E-state index in [2.05, 4.69) is 36.8 Å². The summed E-state index contributed by atoms with van der Waals surface area (Å²) in [6.45, 7) is 1.73. The third-order valence-electron chi connectivity index (χ3n) is 11.8. The van der Waals surface area contributed by atoms with E-state index in [1.165, 1.54) is 24.1 Å². The number of phenols is 1. The number of carbonyl (C=O) groups is 4. The van der Waals surface area contributed by atoms with Crippen LogP contribution in [0.25, 0.3) is 22.6 Å². The minimum Gasteiger partial charge on any atom is -0.503 e. The molecular formula is C41H29Br2ClFN3O7. The third kappa shape index (κ3) is 5.12. The summed E-state index contributed by atoms with van der Waals surface area (Å²) in [5.41, 5.74) is 2.38. The van der Waals surface area contributed by atoms with E-state index in [-0.39, 0.29) is 45.4 Å². The molecule has 1 saturated carbocycles. The minimum atomic E-state index is -1.41. The molecule has 5 aromatic rings. The number of nitrogens with zero attached hydrogens (tertiary/aromatic N) is 3.